The van der Waals surface area contributed by atoms with Crippen LogP contribution >= 0.6 is 0 Å². The van der Waals surface area contributed by atoms with E-state index in [1.807, 2.05) is 0 Å². The van der Waals surface area contributed by atoms with Crippen LogP contribution < -0.4 is 5.46 Å². The van der Waals surface area contributed by atoms with Crippen LogP contribution in [0, 0.1) is 0 Å². The third kappa shape index (κ3) is 2.71. The highest BCUT2D eigenvalue weighted by Gasteiger charge is 2.32. The van der Waals surface area contributed by atoms with Crippen LogP contribution in [0.3, 0.4) is 0 Å². The lowest BCUT2D eigenvalue weighted by Crippen LogP contribution is -2.34. The second kappa shape index (κ2) is 4.22. The third-order valence-corrected chi connectivity index (χ3v) is 1.92. The van der Waals surface area contributed by atoms with Gasteiger partial charge in [-0.3, -0.25) is 0 Å². The van der Waals surface area contributed by atoms with Gasteiger partial charge in [-0.15, -0.1) is 0 Å². The van der Waals surface area contributed by atoms with Crippen molar-refractivity contribution in [3.8, 4) is 0 Å². The highest BCUT2D eigenvalue weighted by atomic mass is 19.4. The van der Waals surface area contributed by atoms with E-state index in [-0.39, 0.29) is 11.0 Å². The molecule has 1 aromatic carbocycles. The maximum atomic E-state index is 12.2. The fourth-order valence-electron chi connectivity index (χ4n) is 1.16. The van der Waals surface area contributed by atoms with Crippen molar-refractivity contribution >= 4 is 12.6 Å². The minimum atomic E-state index is -4.54. The number of aliphatic hydroxyl groups is 1. The van der Waals surface area contributed by atoms with Crippen molar-refractivity contribution in [1.82, 2.24) is 0 Å². The zero-order valence-electron chi connectivity index (χ0n) is 7.49. The highest BCUT2D eigenvalue weighted by Crippen LogP contribution is 2.28. The highest BCUT2D eigenvalue weighted by molar-refractivity contribution is 6.59. The van der Waals surface area contributed by atoms with E-state index in [9.17, 15) is 13.2 Å². The molecule has 0 aliphatic rings. The molecule has 82 valence electrons. The molecule has 1 aromatic rings. The fourth-order valence-corrected chi connectivity index (χ4v) is 1.16. The van der Waals surface area contributed by atoms with Gasteiger partial charge in [0.2, 0.25) is 0 Å². The Morgan fingerprint density at radius 1 is 1.20 bits per heavy atom. The lowest BCUT2D eigenvalue weighted by Gasteiger charge is -2.11. The number of aliphatic hydroxyl groups excluding tert-OH is 1. The van der Waals surface area contributed by atoms with Gasteiger partial charge in [0.15, 0.2) is 0 Å². The maximum absolute atomic E-state index is 12.2. The van der Waals surface area contributed by atoms with Crippen LogP contribution in [0.4, 0.5) is 13.2 Å². The van der Waals surface area contributed by atoms with E-state index in [0.29, 0.717) is 6.07 Å². The average Bonchev–Trinajstić information content (AvgIpc) is 2.15. The Labute approximate surface area is 83.9 Å². The summed E-state index contributed by atoms with van der Waals surface area (Å²) in [6, 6.07) is 2.39. The summed E-state index contributed by atoms with van der Waals surface area (Å²) in [5.74, 6) is 0. The zero-order chi connectivity index (χ0) is 11.6. The molecule has 0 aliphatic heterocycles. The van der Waals surface area contributed by atoms with E-state index >= 15 is 0 Å². The van der Waals surface area contributed by atoms with Crippen LogP contribution in [0.25, 0.3) is 0 Å². The Balaban J connectivity index is 3.22. The number of benzene rings is 1. The average molecular weight is 220 g/mol. The van der Waals surface area contributed by atoms with Gasteiger partial charge in [0.05, 0.1) is 12.2 Å². The molecule has 0 saturated heterocycles. The SMILES string of the molecule is OCc1ccc(C(F)(F)F)cc1B(O)O. The molecule has 0 amide bonds. The number of rotatable bonds is 2. The molecule has 15 heavy (non-hydrogen) atoms. The Hall–Kier alpha value is -1.05. The van der Waals surface area contributed by atoms with E-state index in [4.69, 9.17) is 15.2 Å². The molecular weight excluding hydrogens is 212 g/mol. The second-order valence-electron chi connectivity index (χ2n) is 2.94. The first-order chi connectivity index (χ1) is 6.86. The largest absolute Gasteiger partial charge is 0.488 e. The van der Waals surface area contributed by atoms with Crippen molar-refractivity contribution in [2.45, 2.75) is 12.8 Å². The topological polar surface area (TPSA) is 60.7 Å². The van der Waals surface area contributed by atoms with E-state index in [1.165, 1.54) is 0 Å². The smallest absolute Gasteiger partial charge is 0.423 e. The first-order valence-corrected chi connectivity index (χ1v) is 4.03. The van der Waals surface area contributed by atoms with Crippen LogP contribution in [0.5, 0.6) is 0 Å². The summed E-state index contributed by atoms with van der Waals surface area (Å²) in [6.45, 7) is -0.551. The van der Waals surface area contributed by atoms with Gasteiger partial charge in [0.25, 0.3) is 0 Å². The Bertz CT molecular complexity index is 351. The quantitative estimate of drug-likeness (QED) is 0.608. The minimum absolute atomic E-state index is 0.0537. The summed E-state index contributed by atoms with van der Waals surface area (Å²) in [6.07, 6.45) is -4.54. The minimum Gasteiger partial charge on any atom is -0.423 e. The molecule has 0 radical (unpaired) electrons. The van der Waals surface area contributed by atoms with Crippen molar-refractivity contribution in [2.75, 3.05) is 0 Å². The Kier molecular flexibility index (Phi) is 3.38. The molecule has 0 saturated carbocycles. The summed E-state index contributed by atoms with van der Waals surface area (Å²) < 4.78 is 36.7. The van der Waals surface area contributed by atoms with E-state index in [2.05, 4.69) is 0 Å². The van der Waals surface area contributed by atoms with Crippen molar-refractivity contribution < 1.29 is 28.3 Å². The molecule has 0 fully saturated rings. The van der Waals surface area contributed by atoms with Gasteiger partial charge in [-0.2, -0.15) is 13.2 Å². The molecule has 7 heteroatoms. The van der Waals surface area contributed by atoms with Gasteiger partial charge >= 0.3 is 13.3 Å². The standard InChI is InChI=1S/C8H8BF3O3/c10-8(11,12)6-2-1-5(4-13)7(3-6)9(14)15/h1-3,13-15H,4H2. The molecule has 0 unspecified atom stereocenters. The van der Waals surface area contributed by atoms with Crippen molar-refractivity contribution in [3.63, 3.8) is 0 Å². The Morgan fingerprint density at radius 2 is 1.80 bits per heavy atom. The van der Waals surface area contributed by atoms with Gasteiger partial charge in [-0.1, -0.05) is 6.07 Å². The lowest BCUT2D eigenvalue weighted by atomic mass is 9.76. The number of halogens is 3. The normalized spacial score (nSPS) is 11.6. The second-order valence-corrected chi connectivity index (χ2v) is 2.94. The molecule has 3 N–H and O–H groups in total. The molecule has 0 aromatic heterocycles. The van der Waals surface area contributed by atoms with E-state index in [0.717, 1.165) is 12.1 Å². The lowest BCUT2D eigenvalue weighted by molar-refractivity contribution is -0.137. The number of alkyl halides is 3. The third-order valence-electron chi connectivity index (χ3n) is 1.92. The summed E-state index contributed by atoms with van der Waals surface area (Å²) in [4.78, 5) is 0. The molecule has 0 aliphatic carbocycles. The number of hydrogen-bond acceptors (Lipinski definition) is 3. The Morgan fingerprint density at radius 3 is 2.20 bits per heavy atom. The summed E-state index contributed by atoms with van der Waals surface area (Å²) in [5, 5.41) is 26.4. The van der Waals surface area contributed by atoms with E-state index in [1.54, 1.807) is 0 Å². The van der Waals surface area contributed by atoms with Gasteiger partial charge in [0.1, 0.15) is 0 Å². The van der Waals surface area contributed by atoms with Crippen molar-refractivity contribution in [2.24, 2.45) is 0 Å². The van der Waals surface area contributed by atoms with Gasteiger partial charge in [-0.05, 0) is 23.2 Å². The fraction of sp³-hybridized carbons (Fsp3) is 0.250. The summed E-state index contributed by atoms with van der Waals surface area (Å²) in [5.41, 5.74) is -1.27. The molecule has 1 rings (SSSR count). The van der Waals surface area contributed by atoms with E-state index < -0.39 is 25.5 Å². The van der Waals surface area contributed by atoms with Crippen LogP contribution in [-0.4, -0.2) is 22.3 Å². The van der Waals surface area contributed by atoms with Crippen molar-refractivity contribution in [3.05, 3.63) is 29.3 Å². The predicted molar refractivity (Wildman–Crippen MR) is 47.2 cm³/mol. The van der Waals surface area contributed by atoms with Crippen LogP contribution in [0.15, 0.2) is 18.2 Å². The zero-order valence-corrected chi connectivity index (χ0v) is 7.49. The monoisotopic (exact) mass is 220 g/mol. The molecule has 0 atom stereocenters. The molecule has 0 heterocycles. The maximum Gasteiger partial charge on any atom is 0.488 e. The number of hydrogen-bond donors (Lipinski definition) is 3. The van der Waals surface area contributed by atoms with Gasteiger partial charge in [-0.25, -0.2) is 0 Å². The van der Waals surface area contributed by atoms with Crippen molar-refractivity contribution in [1.29, 1.82) is 0 Å². The first-order valence-electron chi connectivity index (χ1n) is 4.03. The molecule has 0 bridgehead atoms. The predicted octanol–water partition coefficient (Wildman–Crippen LogP) is -0.123. The van der Waals surface area contributed by atoms with Crippen LogP contribution in [-0.2, 0) is 12.8 Å². The van der Waals surface area contributed by atoms with Crippen LogP contribution in [0.2, 0.25) is 0 Å². The van der Waals surface area contributed by atoms with Gasteiger partial charge < -0.3 is 15.2 Å². The van der Waals surface area contributed by atoms with Gasteiger partial charge in [0, 0.05) is 0 Å². The van der Waals surface area contributed by atoms with Crippen LogP contribution in [0.1, 0.15) is 11.1 Å². The molecule has 0 spiro atoms. The summed E-state index contributed by atoms with van der Waals surface area (Å²) >= 11 is 0. The first kappa shape index (κ1) is 12.0. The molecule has 3 nitrogen and oxygen atoms in total. The molecular formula is C8H8BF3O3. The summed E-state index contributed by atoms with van der Waals surface area (Å²) in [7, 11) is -2.03.